The van der Waals surface area contributed by atoms with Gasteiger partial charge in [-0.25, -0.2) is 0 Å². The molecule has 1 atom stereocenters. The van der Waals surface area contributed by atoms with E-state index in [1.165, 1.54) is 0 Å². The van der Waals surface area contributed by atoms with Gasteiger partial charge in [-0.1, -0.05) is 18.2 Å². The topological polar surface area (TPSA) is 74.5 Å². The van der Waals surface area contributed by atoms with Gasteiger partial charge in [-0.15, -0.1) is 12.4 Å². The van der Waals surface area contributed by atoms with E-state index in [0.29, 0.717) is 6.04 Å². The molecular weight excluding hydrogens is 354 g/mol. The van der Waals surface area contributed by atoms with Crippen molar-refractivity contribution in [1.29, 1.82) is 0 Å². The maximum Gasteiger partial charge on any atom is 0.317 e. The minimum atomic E-state index is -0.763. The molecule has 142 valence electrons. The molecule has 1 fully saturated rings. The van der Waals surface area contributed by atoms with E-state index in [4.69, 9.17) is 5.11 Å². The van der Waals surface area contributed by atoms with Gasteiger partial charge in [-0.2, -0.15) is 15.0 Å². The Kier molecular flexibility index (Phi) is 7.56. The summed E-state index contributed by atoms with van der Waals surface area (Å²) in [5.41, 5.74) is 1.92. The summed E-state index contributed by atoms with van der Waals surface area (Å²) in [7, 11) is 1.90. The Morgan fingerprint density at radius 1 is 1.27 bits per heavy atom. The number of hydrogen-bond donors (Lipinski definition) is 1. The molecule has 0 saturated carbocycles. The second-order valence-electron chi connectivity index (χ2n) is 6.63. The first-order valence-corrected chi connectivity index (χ1v) is 8.73. The van der Waals surface area contributed by atoms with Crippen LogP contribution in [0.2, 0.25) is 0 Å². The number of benzene rings is 1. The highest BCUT2D eigenvalue weighted by Gasteiger charge is 2.22. The van der Waals surface area contributed by atoms with Gasteiger partial charge in [0.25, 0.3) is 0 Å². The highest BCUT2D eigenvalue weighted by Crippen LogP contribution is 2.17. The molecule has 2 heterocycles. The summed E-state index contributed by atoms with van der Waals surface area (Å²) in [6.45, 7) is 2.85. The summed E-state index contributed by atoms with van der Waals surface area (Å²) in [5, 5.41) is 17.9. The van der Waals surface area contributed by atoms with Gasteiger partial charge in [-0.3, -0.25) is 14.6 Å². The van der Waals surface area contributed by atoms with E-state index in [2.05, 4.69) is 15.1 Å². The number of aliphatic carboxylic acids is 1. The minimum absolute atomic E-state index is 0. The standard InChI is InChI=1S/C18H25N5O2.ClH/c1-21(14-18(24)25)16-8-5-10-22(11-9-16)13-15-12-19-23(20-15)17-6-3-2-4-7-17;/h2-4,6-7,12,16H,5,8-11,13-14H2,1H3,(H,24,25);1H. The molecule has 3 rings (SSSR count). The largest absolute Gasteiger partial charge is 0.480 e. The van der Waals surface area contributed by atoms with Gasteiger partial charge < -0.3 is 5.11 Å². The summed E-state index contributed by atoms with van der Waals surface area (Å²) in [4.78, 5) is 16.9. The van der Waals surface area contributed by atoms with Crippen molar-refractivity contribution in [2.24, 2.45) is 0 Å². The van der Waals surface area contributed by atoms with Crippen molar-refractivity contribution in [3.8, 4) is 5.69 Å². The molecule has 26 heavy (non-hydrogen) atoms. The van der Waals surface area contributed by atoms with E-state index in [0.717, 1.165) is 50.3 Å². The second kappa shape index (κ2) is 9.66. The van der Waals surface area contributed by atoms with Crippen molar-refractivity contribution in [3.05, 3.63) is 42.2 Å². The van der Waals surface area contributed by atoms with Gasteiger partial charge in [0, 0.05) is 19.1 Å². The third-order valence-electron chi connectivity index (χ3n) is 4.71. The number of likely N-dealkylation sites (N-methyl/N-ethyl adjacent to an activating group) is 1. The molecule has 7 nitrogen and oxygen atoms in total. The normalized spacial score (nSPS) is 18.3. The zero-order valence-electron chi connectivity index (χ0n) is 15.0. The number of likely N-dealkylation sites (tertiary alicyclic amines) is 1. The smallest absolute Gasteiger partial charge is 0.317 e. The Hall–Kier alpha value is -1.96. The number of hydrogen-bond acceptors (Lipinski definition) is 5. The number of halogens is 1. The van der Waals surface area contributed by atoms with E-state index in [9.17, 15) is 4.79 Å². The Labute approximate surface area is 160 Å². The van der Waals surface area contributed by atoms with E-state index in [1.807, 2.05) is 48.5 Å². The van der Waals surface area contributed by atoms with Gasteiger partial charge in [0.2, 0.25) is 0 Å². The van der Waals surface area contributed by atoms with Crippen molar-refractivity contribution < 1.29 is 9.90 Å². The molecule has 1 aliphatic rings. The monoisotopic (exact) mass is 379 g/mol. The zero-order valence-corrected chi connectivity index (χ0v) is 15.8. The van der Waals surface area contributed by atoms with Crippen LogP contribution in [0.25, 0.3) is 5.69 Å². The molecule has 0 amide bonds. The summed E-state index contributed by atoms with van der Waals surface area (Å²) in [6, 6.07) is 10.2. The lowest BCUT2D eigenvalue weighted by molar-refractivity contribution is -0.138. The minimum Gasteiger partial charge on any atom is -0.480 e. The molecule has 1 unspecified atom stereocenters. The van der Waals surface area contributed by atoms with Crippen LogP contribution in [0.3, 0.4) is 0 Å². The van der Waals surface area contributed by atoms with Gasteiger partial charge >= 0.3 is 5.97 Å². The number of carboxylic acids is 1. The van der Waals surface area contributed by atoms with Gasteiger partial charge in [0.05, 0.1) is 24.1 Å². The van der Waals surface area contributed by atoms with E-state index >= 15 is 0 Å². The van der Waals surface area contributed by atoms with Crippen molar-refractivity contribution in [2.45, 2.75) is 31.8 Å². The molecule has 1 aromatic carbocycles. The Balaban J connectivity index is 0.00000243. The predicted octanol–water partition coefficient (Wildman–Crippen LogP) is 2.06. The average Bonchev–Trinajstić information content (AvgIpc) is 2.93. The molecule has 0 bridgehead atoms. The lowest BCUT2D eigenvalue weighted by atomic mass is 10.1. The van der Waals surface area contributed by atoms with Crippen LogP contribution in [0.1, 0.15) is 25.0 Å². The highest BCUT2D eigenvalue weighted by molar-refractivity contribution is 5.85. The fraction of sp³-hybridized carbons (Fsp3) is 0.500. The summed E-state index contributed by atoms with van der Waals surface area (Å²) < 4.78 is 0. The molecule has 1 saturated heterocycles. The first kappa shape index (κ1) is 20.4. The maximum atomic E-state index is 10.9. The fourth-order valence-corrected chi connectivity index (χ4v) is 3.36. The van der Waals surface area contributed by atoms with Crippen molar-refractivity contribution in [2.75, 3.05) is 26.7 Å². The quantitative estimate of drug-likeness (QED) is 0.828. The van der Waals surface area contributed by atoms with Crippen LogP contribution in [0, 0.1) is 0 Å². The molecule has 1 aromatic heterocycles. The number of carboxylic acid groups (broad SMARTS) is 1. The second-order valence-corrected chi connectivity index (χ2v) is 6.63. The predicted molar refractivity (Wildman–Crippen MR) is 102 cm³/mol. The molecule has 1 aliphatic heterocycles. The van der Waals surface area contributed by atoms with Crippen molar-refractivity contribution in [3.63, 3.8) is 0 Å². The molecule has 2 aromatic rings. The Morgan fingerprint density at radius 2 is 2.04 bits per heavy atom. The van der Waals surface area contributed by atoms with Crippen LogP contribution < -0.4 is 0 Å². The summed E-state index contributed by atoms with van der Waals surface area (Å²) in [6.07, 6.45) is 4.92. The van der Waals surface area contributed by atoms with Crippen LogP contribution in [-0.2, 0) is 11.3 Å². The number of carbonyl (C=O) groups is 1. The third-order valence-corrected chi connectivity index (χ3v) is 4.71. The SMILES string of the molecule is CN(CC(=O)O)C1CCCN(Cc2cnn(-c3ccccc3)n2)CC1.Cl. The highest BCUT2D eigenvalue weighted by atomic mass is 35.5. The average molecular weight is 380 g/mol. The molecule has 0 aliphatic carbocycles. The van der Waals surface area contributed by atoms with E-state index in [1.54, 1.807) is 4.80 Å². The van der Waals surface area contributed by atoms with Crippen LogP contribution in [0.15, 0.2) is 36.5 Å². The molecule has 8 heteroatoms. The van der Waals surface area contributed by atoms with Crippen molar-refractivity contribution >= 4 is 18.4 Å². The number of nitrogens with zero attached hydrogens (tertiary/aromatic N) is 5. The summed E-state index contributed by atoms with van der Waals surface area (Å²) >= 11 is 0. The Bertz CT molecular complexity index is 694. The van der Waals surface area contributed by atoms with Crippen LogP contribution >= 0.6 is 12.4 Å². The lowest BCUT2D eigenvalue weighted by Gasteiger charge is -2.25. The number of para-hydroxylation sites is 1. The van der Waals surface area contributed by atoms with Gasteiger partial charge in [0.1, 0.15) is 0 Å². The number of aromatic nitrogens is 3. The first-order chi connectivity index (χ1) is 12.1. The third kappa shape index (κ3) is 5.52. The van der Waals surface area contributed by atoms with Gasteiger partial charge in [0.15, 0.2) is 0 Å². The number of rotatable bonds is 6. The maximum absolute atomic E-state index is 10.9. The van der Waals surface area contributed by atoms with Crippen molar-refractivity contribution in [1.82, 2.24) is 24.8 Å². The van der Waals surface area contributed by atoms with Crippen LogP contribution in [0.4, 0.5) is 0 Å². The zero-order chi connectivity index (χ0) is 17.6. The van der Waals surface area contributed by atoms with E-state index in [-0.39, 0.29) is 19.0 Å². The van der Waals surface area contributed by atoms with Crippen LogP contribution in [-0.4, -0.2) is 68.6 Å². The van der Waals surface area contributed by atoms with Crippen LogP contribution in [0.5, 0.6) is 0 Å². The molecule has 0 radical (unpaired) electrons. The lowest BCUT2D eigenvalue weighted by Crippen LogP contribution is -2.36. The summed E-state index contributed by atoms with van der Waals surface area (Å²) in [5.74, 6) is -0.763. The molecular formula is C18H26ClN5O2. The molecule has 1 N–H and O–H groups in total. The Morgan fingerprint density at radius 3 is 2.77 bits per heavy atom. The van der Waals surface area contributed by atoms with E-state index < -0.39 is 5.97 Å². The fourth-order valence-electron chi connectivity index (χ4n) is 3.36. The molecule has 0 spiro atoms. The van der Waals surface area contributed by atoms with Gasteiger partial charge in [-0.05, 0) is 45.0 Å². The first-order valence-electron chi connectivity index (χ1n) is 8.73.